The Balaban J connectivity index is 1.54. The summed E-state index contributed by atoms with van der Waals surface area (Å²) < 4.78 is 4.64. The van der Waals surface area contributed by atoms with Gasteiger partial charge in [0.25, 0.3) is 0 Å². The summed E-state index contributed by atoms with van der Waals surface area (Å²) in [6.45, 7) is 3.99. The highest BCUT2D eigenvalue weighted by molar-refractivity contribution is 9.10. The van der Waals surface area contributed by atoms with Crippen LogP contribution >= 0.6 is 39.7 Å². The molecule has 0 aliphatic heterocycles. The van der Waals surface area contributed by atoms with Gasteiger partial charge < -0.3 is 10.6 Å². The molecule has 1 aromatic carbocycles. The summed E-state index contributed by atoms with van der Waals surface area (Å²) >= 11 is 15.0. The van der Waals surface area contributed by atoms with Gasteiger partial charge in [-0.1, -0.05) is 29.8 Å². The summed E-state index contributed by atoms with van der Waals surface area (Å²) in [6, 6.07) is 9.59. The third-order valence-electron chi connectivity index (χ3n) is 3.70. The Morgan fingerprint density at radius 3 is 2.77 bits per heavy atom. The van der Waals surface area contributed by atoms with Gasteiger partial charge >= 0.3 is 0 Å². The Morgan fingerprint density at radius 1 is 1.23 bits per heavy atom. The molecule has 26 heavy (non-hydrogen) atoms. The smallest absolute Gasteiger partial charge is 0.172 e. The maximum atomic E-state index is 6.19. The predicted molar refractivity (Wildman–Crippen MR) is 111 cm³/mol. The Morgan fingerprint density at radius 2 is 2.04 bits per heavy atom. The molecule has 3 rings (SSSR count). The SMILES string of the molecule is CCn1cc(Br)c(CNC(=S)Nc2ccn(Cc3ccccc3Cl)n2)n1. The molecule has 0 fully saturated rings. The standard InChI is InChI=1S/C17H18BrClN6S/c1-2-24-11-13(18)15(22-24)9-20-17(26)21-16-7-8-25(23-16)10-12-5-3-4-6-14(12)19/h3-8,11H,2,9-10H2,1H3,(H2,20,21,23,26). The number of aryl methyl sites for hydroxylation is 1. The van der Waals surface area contributed by atoms with Crippen LogP contribution in [0.3, 0.4) is 0 Å². The first-order chi connectivity index (χ1) is 12.5. The highest BCUT2D eigenvalue weighted by atomic mass is 79.9. The lowest BCUT2D eigenvalue weighted by Gasteiger charge is -2.08. The summed E-state index contributed by atoms with van der Waals surface area (Å²) in [5, 5.41) is 16.4. The van der Waals surface area contributed by atoms with Crippen molar-refractivity contribution >= 4 is 50.7 Å². The molecule has 0 saturated heterocycles. The fourth-order valence-corrected chi connectivity index (χ4v) is 3.19. The van der Waals surface area contributed by atoms with Crippen LogP contribution in [0.1, 0.15) is 18.2 Å². The van der Waals surface area contributed by atoms with Gasteiger partial charge in [0.05, 0.1) is 23.3 Å². The van der Waals surface area contributed by atoms with Crippen molar-refractivity contribution in [2.45, 2.75) is 26.6 Å². The highest BCUT2D eigenvalue weighted by Crippen LogP contribution is 2.17. The van der Waals surface area contributed by atoms with Gasteiger partial charge in [-0.2, -0.15) is 10.2 Å². The van der Waals surface area contributed by atoms with Crippen molar-refractivity contribution in [3.05, 3.63) is 63.5 Å². The van der Waals surface area contributed by atoms with Crippen molar-refractivity contribution in [3.8, 4) is 0 Å². The zero-order chi connectivity index (χ0) is 18.5. The van der Waals surface area contributed by atoms with Crippen molar-refractivity contribution in [2.24, 2.45) is 0 Å². The number of thiocarbonyl (C=S) groups is 1. The lowest BCUT2D eigenvalue weighted by molar-refractivity contribution is 0.643. The first-order valence-corrected chi connectivity index (χ1v) is 9.66. The second-order valence-corrected chi connectivity index (χ2v) is 7.25. The van der Waals surface area contributed by atoms with E-state index in [-0.39, 0.29) is 0 Å². The molecule has 0 radical (unpaired) electrons. The molecule has 0 atom stereocenters. The zero-order valence-electron chi connectivity index (χ0n) is 14.1. The summed E-state index contributed by atoms with van der Waals surface area (Å²) in [5.41, 5.74) is 1.92. The van der Waals surface area contributed by atoms with Crippen LogP contribution < -0.4 is 10.6 Å². The third kappa shape index (κ3) is 4.84. The van der Waals surface area contributed by atoms with E-state index in [1.807, 2.05) is 59.0 Å². The molecule has 0 saturated carbocycles. The second kappa shape index (κ2) is 8.66. The van der Waals surface area contributed by atoms with Gasteiger partial charge in [0.15, 0.2) is 10.9 Å². The number of nitrogens with zero attached hydrogens (tertiary/aromatic N) is 4. The zero-order valence-corrected chi connectivity index (χ0v) is 17.3. The molecule has 0 amide bonds. The first kappa shape index (κ1) is 18.9. The highest BCUT2D eigenvalue weighted by Gasteiger charge is 2.08. The van der Waals surface area contributed by atoms with Gasteiger partial charge in [0.2, 0.25) is 0 Å². The summed E-state index contributed by atoms with van der Waals surface area (Å²) in [4.78, 5) is 0. The van der Waals surface area contributed by atoms with Crippen molar-refractivity contribution in [3.63, 3.8) is 0 Å². The molecular weight excluding hydrogens is 436 g/mol. The molecule has 136 valence electrons. The maximum Gasteiger partial charge on any atom is 0.172 e. The maximum absolute atomic E-state index is 6.19. The van der Waals surface area contributed by atoms with Crippen LogP contribution in [-0.2, 0) is 19.6 Å². The molecule has 0 aliphatic rings. The molecule has 3 aromatic rings. The van der Waals surface area contributed by atoms with E-state index in [0.717, 1.165) is 27.3 Å². The average Bonchev–Trinajstić information content (AvgIpc) is 3.21. The number of halogens is 2. The van der Waals surface area contributed by atoms with Gasteiger partial charge in [-0.3, -0.25) is 9.36 Å². The number of anilines is 1. The van der Waals surface area contributed by atoms with Crippen molar-refractivity contribution in [1.82, 2.24) is 24.9 Å². The van der Waals surface area contributed by atoms with Crippen LogP contribution in [0.4, 0.5) is 5.82 Å². The van der Waals surface area contributed by atoms with E-state index >= 15 is 0 Å². The minimum Gasteiger partial charge on any atom is -0.357 e. The van der Waals surface area contributed by atoms with E-state index in [1.54, 1.807) is 0 Å². The minimum atomic E-state index is 0.492. The predicted octanol–water partition coefficient (Wildman–Crippen LogP) is 4.05. The Kier molecular flexibility index (Phi) is 6.29. The van der Waals surface area contributed by atoms with E-state index in [1.165, 1.54) is 0 Å². The van der Waals surface area contributed by atoms with Crippen molar-refractivity contribution in [1.29, 1.82) is 0 Å². The molecule has 0 aliphatic carbocycles. The van der Waals surface area contributed by atoms with Gasteiger partial charge in [-0.25, -0.2) is 0 Å². The van der Waals surface area contributed by atoms with Crippen LogP contribution in [-0.4, -0.2) is 24.7 Å². The molecule has 2 heterocycles. The summed E-state index contributed by atoms with van der Waals surface area (Å²) in [5.74, 6) is 0.674. The van der Waals surface area contributed by atoms with Crippen LogP contribution in [0.15, 0.2) is 47.2 Å². The van der Waals surface area contributed by atoms with E-state index in [9.17, 15) is 0 Å². The molecule has 6 nitrogen and oxygen atoms in total. The largest absolute Gasteiger partial charge is 0.357 e. The third-order valence-corrected chi connectivity index (χ3v) is 4.98. The van der Waals surface area contributed by atoms with Gasteiger partial charge in [0, 0.05) is 30.0 Å². The second-order valence-electron chi connectivity index (χ2n) is 5.58. The number of rotatable bonds is 6. The first-order valence-electron chi connectivity index (χ1n) is 8.08. The quantitative estimate of drug-likeness (QED) is 0.551. The molecule has 0 spiro atoms. The van der Waals surface area contributed by atoms with E-state index < -0.39 is 0 Å². The number of benzene rings is 1. The van der Waals surface area contributed by atoms with E-state index in [2.05, 4.69) is 36.8 Å². The monoisotopic (exact) mass is 452 g/mol. The van der Waals surface area contributed by atoms with E-state index in [4.69, 9.17) is 23.8 Å². The Hall–Kier alpha value is -1.90. The summed E-state index contributed by atoms with van der Waals surface area (Å²) in [6.07, 6.45) is 3.83. The normalized spacial score (nSPS) is 10.7. The van der Waals surface area contributed by atoms with E-state index in [0.29, 0.717) is 24.0 Å². The number of hydrogen-bond acceptors (Lipinski definition) is 3. The molecule has 9 heteroatoms. The number of aromatic nitrogens is 4. The average molecular weight is 454 g/mol. The van der Waals surface area contributed by atoms with Crippen LogP contribution in [0.5, 0.6) is 0 Å². The van der Waals surface area contributed by atoms with Crippen LogP contribution in [0.2, 0.25) is 5.02 Å². The minimum absolute atomic E-state index is 0.492. The Labute approximate surface area is 170 Å². The molecule has 0 unspecified atom stereocenters. The number of nitrogens with one attached hydrogen (secondary N) is 2. The fraction of sp³-hybridized carbons (Fsp3) is 0.235. The molecule has 2 aromatic heterocycles. The topological polar surface area (TPSA) is 59.7 Å². The molecule has 2 N–H and O–H groups in total. The van der Waals surface area contributed by atoms with Crippen molar-refractivity contribution < 1.29 is 0 Å². The molecule has 0 bridgehead atoms. The number of hydrogen-bond donors (Lipinski definition) is 2. The lowest BCUT2D eigenvalue weighted by Crippen LogP contribution is -2.28. The Bertz CT molecular complexity index is 906. The van der Waals surface area contributed by atoms with Gasteiger partial charge in [-0.15, -0.1) is 0 Å². The van der Waals surface area contributed by atoms with Gasteiger partial charge in [-0.05, 0) is 46.7 Å². The van der Waals surface area contributed by atoms with Crippen molar-refractivity contribution in [2.75, 3.05) is 5.32 Å². The van der Waals surface area contributed by atoms with Crippen LogP contribution in [0, 0.1) is 0 Å². The fourth-order valence-electron chi connectivity index (χ4n) is 2.36. The van der Waals surface area contributed by atoms with Crippen LogP contribution in [0.25, 0.3) is 0 Å². The lowest BCUT2D eigenvalue weighted by atomic mass is 10.2. The molecular formula is C17H18BrClN6S. The summed E-state index contributed by atoms with van der Waals surface area (Å²) in [7, 11) is 0. The van der Waals surface area contributed by atoms with Gasteiger partial charge in [0.1, 0.15) is 0 Å².